The molecular weight excluding hydrogens is 240 g/mol. The summed E-state index contributed by atoms with van der Waals surface area (Å²) in [6, 6.07) is 8.38. The van der Waals surface area contributed by atoms with Gasteiger partial charge in [0.15, 0.2) is 0 Å². The fraction of sp³-hybridized carbons (Fsp3) is 0.600. The highest BCUT2D eigenvalue weighted by Crippen LogP contribution is 2.26. The van der Waals surface area contributed by atoms with Gasteiger partial charge >= 0.3 is 0 Å². The molecule has 0 spiro atoms. The van der Waals surface area contributed by atoms with E-state index in [0.717, 1.165) is 31.7 Å². The average Bonchev–Trinajstić information content (AvgIpc) is 2.43. The van der Waals surface area contributed by atoms with E-state index in [4.69, 9.17) is 10.5 Å². The molecule has 1 saturated heterocycles. The summed E-state index contributed by atoms with van der Waals surface area (Å²) in [5.41, 5.74) is 7.15. The topological polar surface area (TPSA) is 58.7 Å². The van der Waals surface area contributed by atoms with Gasteiger partial charge in [-0.1, -0.05) is 12.1 Å². The van der Waals surface area contributed by atoms with Crippen molar-refractivity contribution in [2.24, 2.45) is 5.73 Å². The fourth-order valence-electron chi connectivity index (χ4n) is 2.67. The van der Waals surface area contributed by atoms with Gasteiger partial charge < -0.3 is 15.6 Å². The highest BCUT2D eigenvalue weighted by atomic mass is 16.5. The number of nitrogens with zero attached hydrogens (tertiary/aromatic N) is 1. The van der Waals surface area contributed by atoms with Crippen LogP contribution < -0.4 is 10.5 Å². The van der Waals surface area contributed by atoms with Crippen molar-refractivity contribution in [2.75, 3.05) is 26.2 Å². The summed E-state index contributed by atoms with van der Waals surface area (Å²) in [6.45, 7) is 5.06. The maximum Gasteiger partial charge on any atom is 0.119 e. The largest absolute Gasteiger partial charge is 0.494 e. The van der Waals surface area contributed by atoms with E-state index in [9.17, 15) is 5.11 Å². The van der Waals surface area contributed by atoms with Crippen molar-refractivity contribution in [3.8, 4) is 5.75 Å². The molecule has 0 bridgehead atoms. The summed E-state index contributed by atoms with van der Waals surface area (Å²) in [6.07, 6.45) is 1.52. The third kappa shape index (κ3) is 3.69. The molecule has 4 heteroatoms. The number of nitrogens with two attached hydrogens (primary N) is 1. The SMILES string of the molecule is CCOc1cccc(C(CN)N2CCC(O)CC2)c1. The molecule has 1 atom stereocenters. The average molecular weight is 264 g/mol. The van der Waals surface area contributed by atoms with Crippen LogP contribution >= 0.6 is 0 Å². The van der Waals surface area contributed by atoms with Crippen LogP contribution in [0.5, 0.6) is 5.75 Å². The fourth-order valence-corrected chi connectivity index (χ4v) is 2.67. The minimum absolute atomic E-state index is 0.149. The third-order valence-corrected chi connectivity index (χ3v) is 3.72. The molecule has 4 nitrogen and oxygen atoms in total. The van der Waals surface area contributed by atoms with Crippen molar-refractivity contribution in [3.05, 3.63) is 29.8 Å². The summed E-state index contributed by atoms with van der Waals surface area (Å²) in [5, 5.41) is 9.59. The predicted molar refractivity (Wildman–Crippen MR) is 76.2 cm³/mol. The van der Waals surface area contributed by atoms with E-state index in [-0.39, 0.29) is 12.1 Å². The zero-order valence-electron chi connectivity index (χ0n) is 11.6. The lowest BCUT2D eigenvalue weighted by Gasteiger charge is -2.36. The van der Waals surface area contributed by atoms with Crippen LogP contribution in [0.15, 0.2) is 24.3 Å². The Bertz CT molecular complexity index is 389. The van der Waals surface area contributed by atoms with Crippen LogP contribution in [0, 0.1) is 0 Å². The molecule has 0 radical (unpaired) electrons. The highest BCUT2D eigenvalue weighted by molar-refractivity contribution is 5.31. The Balaban J connectivity index is 2.10. The molecule has 0 amide bonds. The second-order valence-electron chi connectivity index (χ2n) is 5.02. The highest BCUT2D eigenvalue weighted by Gasteiger charge is 2.24. The molecule has 106 valence electrons. The number of aliphatic hydroxyl groups is 1. The van der Waals surface area contributed by atoms with Crippen LogP contribution in [-0.4, -0.2) is 42.4 Å². The minimum atomic E-state index is -0.149. The first-order chi connectivity index (χ1) is 9.24. The number of benzene rings is 1. The molecule has 0 aromatic heterocycles. The predicted octanol–water partition coefficient (Wildman–Crippen LogP) is 1.54. The standard InChI is InChI=1S/C15H24N2O2/c1-2-19-14-5-3-4-12(10-14)15(11-16)17-8-6-13(18)7-9-17/h3-5,10,13,15,18H,2,6-9,11,16H2,1H3. The van der Waals surface area contributed by atoms with Crippen molar-refractivity contribution in [3.63, 3.8) is 0 Å². The summed E-state index contributed by atoms with van der Waals surface area (Å²) in [4.78, 5) is 2.36. The summed E-state index contributed by atoms with van der Waals surface area (Å²) in [7, 11) is 0. The smallest absolute Gasteiger partial charge is 0.119 e. The quantitative estimate of drug-likeness (QED) is 0.847. The van der Waals surface area contributed by atoms with E-state index in [0.29, 0.717) is 13.2 Å². The number of hydrogen-bond acceptors (Lipinski definition) is 4. The zero-order chi connectivity index (χ0) is 13.7. The van der Waals surface area contributed by atoms with Gasteiger partial charge in [0.1, 0.15) is 5.75 Å². The van der Waals surface area contributed by atoms with E-state index in [1.54, 1.807) is 0 Å². The number of piperidine rings is 1. The molecule has 1 aliphatic heterocycles. The Morgan fingerprint density at radius 1 is 1.42 bits per heavy atom. The number of aliphatic hydroxyl groups excluding tert-OH is 1. The zero-order valence-corrected chi connectivity index (χ0v) is 11.6. The molecule has 1 heterocycles. The van der Waals surface area contributed by atoms with Crippen molar-refractivity contribution >= 4 is 0 Å². The van der Waals surface area contributed by atoms with Gasteiger partial charge in [-0.2, -0.15) is 0 Å². The van der Waals surface area contributed by atoms with Gasteiger partial charge in [-0.05, 0) is 37.5 Å². The van der Waals surface area contributed by atoms with Gasteiger partial charge in [0.25, 0.3) is 0 Å². The van der Waals surface area contributed by atoms with Crippen LogP contribution in [0.2, 0.25) is 0 Å². The monoisotopic (exact) mass is 264 g/mol. The van der Waals surface area contributed by atoms with Gasteiger partial charge in [0, 0.05) is 25.7 Å². The van der Waals surface area contributed by atoms with Crippen molar-refractivity contribution < 1.29 is 9.84 Å². The van der Waals surface area contributed by atoms with E-state index in [1.165, 1.54) is 5.56 Å². The van der Waals surface area contributed by atoms with E-state index >= 15 is 0 Å². The Morgan fingerprint density at radius 2 is 2.16 bits per heavy atom. The van der Waals surface area contributed by atoms with Gasteiger partial charge in [-0.25, -0.2) is 0 Å². The maximum atomic E-state index is 9.59. The first-order valence-corrected chi connectivity index (χ1v) is 7.09. The molecule has 1 fully saturated rings. The molecule has 2 rings (SSSR count). The van der Waals surface area contributed by atoms with Crippen molar-refractivity contribution in [1.29, 1.82) is 0 Å². The first kappa shape index (κ1) is 14.3. The normalized spacial score (nSPS) is 19.3. The Hall–Kier alpha value is -1.10. The van der Waals surface area contributed by atoms with E-state index in [1.807, 2.05) is 19.1 Å². The van der Waals surface area contributed by atoms with Crippen LogP contribution in [0.25, 0.3) is 0 Å². The number of likely N-dealkylation sites (tertiary alicyclic amines) is 1. The Morgan fingerprint density at radius 3 is 2.79 bits per heavy atom. The molecule has 1 aliphatic rings. The molecule has 1 aromatic rings. The lowest BCUT2D eigenvalue weighted by Crippen LogP contribution is -2.41. The maximum absolute atomic E-state index is 9.59. The summed E-state index contributed by atoms with van der Waals surface area (Å²) >= 11 is 0. The lowest BCUT2D eigenvalue weighted by atomic mass is 10.0. The molecule has 0 aliphatic carbocycles. The second-order valence-corrected chi connectivity index (χ2v) is 5.02. The Labute approximate surface area is 115 Å². The molecule has 1 aromatic carbocycles. The number of ether oxygens (including phenoxy) is 1. The van der Waals surface area contributed by atoms with Gasteiger partial charge in [0.2, 0.25) is 0 Å². The van der Waals surface area contributed by atoms with Gasteiger partial charge in [-0.3, -0.25) is 4.90 Å². The second kappa shape index (κ2) is 6.89. The number of rotatable bonds is 5. The van der Waals surface area contributed by atoms with Gasteiger partial charge in [-0.15, -0.1) is 0 Å². The number of hydrogen-bond donors (Lipinski definition) is 2. The summed E-state index contributed by atoms with van der Waals surface area (Å²) < 4.78 is 5.55. The van der Waals surface area contributed by atoms with E-state index < -0.39 is 0 Å². The first-order valence-electron chi connectivity index (χ1n) is 7.09. The molecule has 1 unspecified atom stereocenters. The van der Waals surface area contributed by atoms with Gasteiger partial charge in [0.05, 0.1) is 12.7 Å². The molecule has 3 N–H and O–H groups in total. The third-order valence-electron chi connectivity index (χ3n) is 3.72. The lowest BCUT2D eigenvalue weighted by molar-refractivity contribution is 0.0621. The molecular formula is C15H24N2O2. The van der Waals surface area contributed by atoms with Crippen LogP contribution in [0.4, 0.5) is 0 Å². The van der Waals surface area contributed by atoms with Crippen molar-refractivity contribution in [1.82, 2.24) is 4.90 Å². The van der Waals surface area contributed by atoms with Crippen molar-refractivity contribution in [2.45, 2.75) is 31.9 Å². The van der Waals surface area contributed by atoms with Crippen LogP contribution in [0.3, 0.4) is 0 Å². The van der Waals surface area contributed by atoms with Crippen LogP contribution in [-0.2, 0) is 0 Å². The minimum Gasteiger partial charge on any atom is -0.494 e. The summed E-state index contributed by atoms with van der Waals surface area (Å²) in [5.74, 6) is 0.899. The molecule has 19 heavy (non-hydrogen) atoms. The Kier molecular flexibility index (Phi) is 5.19. The van der Waals surface area contributed by atoms with Crippen LogP contribution in [0.1, 0.15) is 31.4 Å². The molecule has 0 saturated carbocycles. The van der Waals surface area contributed by atoms with E-state index in [2.05, 4.69) is 17.0 Å².